The van der Waals surface area contributed by atoms with Crippen molar-refractivity contribution >= 4 is 5.90 Å². The summed E-state index contributed by atoms with van der Waals surface area (Å²) in [5, 5.41) is 0. The van der Waals surface area contributed by atoms with Gasteiger partial charge in [0.05, 0.1) is 5.54 Å². The fourth-order valence-electron chi connectivity index (χ4n) is 1.63. The van der Waals surface area contributed by atoms with E-state index in [-0.39, 0.29) is 5.54 Å². The Labute approximate surface area is 114 Å². The standard InChI is InChI=1S/C17H19NO/c1-17(2,3)18-16(14-10-6-4-7-11-14)19-15-12-8-5-9-13-15/h4-13H,1-3H3. The van der Waals surface area contributed by atoms with Crippen LogP contribution < -0.4 is 4.74 Å². The zero-order valence-electron chi connectivity index (χ0n) is 11.6. The van der Waals surface area contributed by atoms with Crippen LogP contribution in [-0.2, 0) is 0 Å². The highest BCUT2D eigenvalue weighted by molar-refractivity contribution is 5.95. The van der Waals surface area contributed by atoms with E-state index >= 15 is 0 Å². The summed E-state index contributed by atoms with van der Waals surface area (Å²) in [5.74, 6) is 1.45. The first-order valence-electron chi connectivity index (χ1n) is 6.43. The lowest BCUT2D eigenvalue weighted by atomic mass is 10.1. The van der Waals surface area contributed by atoms with Gasteiger partial charge in [0, 0.05) is 5.56 Å². The van der Waals surface area contributed by atoms with E-state index in [1.807, 2.05) is 60.7 Å². The van der Waals surface area contributed by atoms with Crippen LogP contribution in [0.2, 0.25) is 0 Å². The number of para-hydroxylation sites is 1. The number of rotatable bonds is 2. The molecule has 0 aliphatic carbocycles. The molecule has 0 unspecified atom stereocenters. The van der Waals surface area contributed by atoms with Crippen LogP contribution in [-0.4, -0.2) is 11.4 Å². The molecule has 0 aromatic heterocycles. The van der Waals surface area contributed by atoms with Crippen molar-refractivity contribution in [2.45, 2.75) is 26.3 Å². The van der Waals surface area contributed by atoms with Crippen LogP contribution >= 0.6 is 0 Å². The van der Waals surface area contributed by atoms with Gasteiger partial charge >= 0.3 is 0 Å². The van der Waals surface area contributed by atoms with Crippen LogP contribution in [0.15, 0.2) is 65.7 Å². The van der Waals surface area contributed by atoms with E-state index in [0.29, 0.717) is 5.90 Å². The lowest BCUT2D eigenvalue weighted by Crippen LogP contribution is -2.19. The van der Waals surface area contributed by atoms with Gasteiger partial charge < -0.3 is 4.74 Å². The van der Waals surface area contributed by atoms with Crippen LogP contribution in [0.5, 0.6) is 5.75 Å². The molecule has 0 N–H and O–H groups in total. The van der Waals surface area contributed by atoms with Crippen LogP contribution in [0.3, 0.4) is 0 Å². The van der Waals surface area contributed by atoms with Crippen molar-refractivity contribution in [2.75, 3.05) is 0 Å². The molecule has 2 aromatic carbocycles. The molecule has 98 valence electrons. The van der Waals surface area contributed by atoms with E-state index < -0.39 is 0 Å². The molecule has 0 fully saturated rings. The zero-order chi connectivity index (χ0) is 13.7. The molecule has 0 atom stereocenters. The molecule has 2 aromatic rings. The van der Waals surface area contributed by atoms with Gasteiger partial charge in [0.1, 0.15) is 5.75 Å². The Morgan fingerprint density at radius 2 is 1.37 bits per heavy atom. The van der Waals surface area contributed by atoms with E-state index in [2.05, 4.69) is 25.8 Å². The van der Waals surface area contributed by atoms with Gasteiger partial charge in [-0.25, -0.2) is 4.99 Å². The average molecular weight is 253 g/mol. The normalized spacial score (nSPS) is 12.3. The molecule has 0 aliphatic rings. The number of nitrogens with zero attached hydrogens (tertiary/aromatic N) is 1. The Bertz CT molecular complexity index is 538. The van der Waals surface area contributed by atoms with E-state index in [9.17, 15) is 0 Å². The lowest BCUT2D eigenvalue weighted by molar-refractivity contribution is 0.511. The highest BCUT2D eigenvalue weighted by atomic mass is 16.5. The minimum atomic E-state index is -0.181. The third-order valence-corrected chi connectivity index (χ3v) is 2.42. The van der Waals surface area contributed by atoms with E-state index in [0.717, 1.165) is 11.3 Å². The summed E-state index contributed by atoms with van der Waals surface area (Å²) in [6.07, 6.45) is 0. The molecule has 2 nitrogen and oxygen atoms in total. The summed E-state index contributed by atoms with van der Waals surface area (Å²) >= 11 is 0. The van der Waals surface area contributed by atoms with Crippen molar-refractivity contribution in [3.05, 3.63) is 66.2 Å². The summed E-state index contributed by atoms with van der Waals surface area (Å²) in [7, 11) is 0. The van der Waals surface area contributed by atoms with Crippen LogP contribution in [0.25, 0.3) is 0 Å². The van der Waals surface area contributed by atoms with Gasteiger partial charge in [-0.15, -0.1) is 0 Å². The first-order valence-corrected chi connectivity index (χ1v) is 6.43. The van der Waals surface area contributed by atoms with Crippen LogP contribution in [0, 0.1) is 0 Å². The van der Waals surface area contributed by atoms with Gasteiger partial charge in [-0.1, -0.05) is 36.4 Å². The highest BCUT2D eigenvalue weighted by Gasteiger charge is 2.13. The van der Waals surface area contributed by atoms with Crippen molar-refractivity contribution in [3.8, 4) is 5.75 Å². The quantitative estimate of drug-likeness (QED) is 0.577. The number of ether oxygens (including phenoxy) is 1. The molecular weight excluding hydrogens is 234 g/mol. The summed E-state index contributed by atoms with van der Waals surface area (Å²) in [6.45, 7) is 6.18. The lowest BCUT2D eigenvalue weighted by Gasteiger charge is -2.16. The Morgan fingerprint density at radius 3 is 1.89 bits per heavy atom. The van der Waals surface area contributed by atoms with E-state index in [1.165, 1.54) is 0 Å². The smallest absolute Gasteiger partial charge is 0.222 e. The van der Waals surface area contributed by atoms with Crippen molar-refractivity contribution < 1.29 is 4.74 Å². The number of hydrogen-bond donors (Lipinski definition) is 0. The fourth-order valence-corrected chi connectivity index (χ4v) is 1.63. The predicted octanol–water partition coefficient (Wildman–Crippen LogP) is 4.31. The van der Waals surface area contributed by atoms with Crippen molar-refractivity contribution in [1.82, 2.24) is 0 Å². The number of aliphatic imine (C=N–C) groups is 1. The van der Waals surface area contributed by atoms with Crippen LogP contribution in [0.4, 0.5) is 0 Å². The molecule has 0 radical (unpaired) electrons. The molecular formula is C17H19NO. The Hall–Kier alpha value is -2.09. The maximum absolute atomic E-state index is 5.93. The highest BCUT2D eigenvalue weighted by Crippen LogP contribution is 2.16. The van der Waals surface area contributed by atoms with Gasteiger partial charge in [0.2, 0.25) is 5.90 Å². The molecule has 0 aliphatic heterocycles. The largest absolute Gasteiger partial charge is 0.439 e. The SMILES string of the molecule is CC(C)(C)N=C(Oc1ccccc1)c1ccccc1. The van der Waals surface area contributed by atoms with Crippen LogP contribution in [0.1, 0.15) is 26.3 Å². The Morgan fingerprint density at radius 1 is 0.842 bits per heavy atom. The second-order valence-corrected chi connectivity index (χ2v) is 5.37. The summed E-state index contributed by atoms with van der Waals surface area (Å²) < 4.78 is 5.93. The monoisotopic (exact) mass is 253 g/mol. The molecule has 0 saturated heterocycles. The summed E-state index contributed by atoms with van der Waals surface area (Å²) in [6, 6.07) is 19.7. The van der Waals surface area contributed by atoms with Crippen molar-refractivity contribution in [2.24, 2.45) is 4.99 Å². The molecule has 0 spiro atoms. The second-order valence-electron chi connectivity index (χ2n) is 5.37. The number of hydrogen-bond acceptors (Lipinski definition) is 2. The molecule has 0 saturated carbocycles. The third kappa shape index (κ3) is 4.25. The van der Waals surface area contributed by atoms with Gasteiger partial charge in [0.15, 0.2) is 0 Å². The Balaban J connectivity index is 2.34. The predicted molar refractivity (Wildman–Crippen MR) is 79.8 cm³/mol. The van der Waals surface area contributed by atoms with Gasteiger partial charge in [-0.05, 0) is 45.0 Å². The molecule has 2 rings (SSSR count). The molecule has 0 heterocycles. The van der Waals surface area contributed by atoms with E-state index in [4.69, 9.17) is 4.74 Å². The third-order valence-electron chi connectivity index (χ3n) is 2.42. The molecule has 2 heteroatoms. The summed E-state index contributed by atoms with van der Waals surface area (Å²) in [5.41, 5.74) is 0.807. The van der Waals surface area contributed by atoms with Gasteiger partial charge in [-0.3, -0.25) is 0 Å². The maximum Gasteiger partial charge on any atom is 0.222 e. The van der Waals surface area contributed by atoms with Gasteiger partial charge in [0.25, 0.3) is 0 Å². The average Bonchev–Trinajstić information content (AvgIpc) is 2.39. The molecule has 0 amide bonds. The molecule has 0 bridgehead atoms. The minimum absolute atomic E-state index is 0.181. The van der Waals surface area contributed by atoms with Gasteiger partial charge in [-0.2, -0.15) is 0 Å². The summed E-state index contributed by atoms with van der Waals surface area (Å²) in [4.78, 5) is 4.67. The number of benzene rings is 2. The van der Waals surface area contributed by atoms with Crippen molar-refractivity contribution in [3.63, 3.8) is 0 Å². The Kier molecular flexibility index (Phi) is 4.00. The fraction of sp³-hybridized carbons (Fsp3) is 0.235. The zero-order valence-corrected chi connectivity index (χ0v) is 11.6. The minimum Gasteiger partial charge on any atom is -0.439 e. The van der Waals surface area contributed by atoms with Crippen molar-refractivity contribution in [1.29, 1.82) is 0 Å². The topological polar surface area (TPSA) is 21.6 Å². The first-order chi connectivity index (χ1) is 9.04. The first kappa shape index (κ1) is 13.3. The molecule has 19 heavy (non-hydrogen) atoms. The second kappa shape index (κ2) is 5.70. The van der Waals surface area contributed by atoms with E-state index in [1.54, 1.807) is 0 Å². The maximum atomic E-state index is 5.93.